The van der Waals surface area contributed by atoms with E-state index in [1.165, 1.54) is 28.8 Å². The van der Waals surface area contributed by atoms with Gasteiger partial charge in [0.15, 0.2) is 5.69 Å². The maximum Gasteiger partial charge on any atom is 0.573 e. The van der Waals surface area contributed by atoms with E-state index in [9.17, 15) is 22.8 Å². The Morgan fingerprint density at radius 1 is 1.19 bits per heavy atom. The molecule has 1 aliphatic heterocycles. The fraction of sp³-hybridized carbons (Fsp3) is 0.353. The summed E-state index contributed by atoms with van der Waals surface area (Å²) in [6.45, 7) is 0.929. The van der Waals surface area contributed by atoms with Crippen LogP contribution in [0.3, 0.4) is 0 Å². The molecule has 1 saturated heterocycles. The zero-order valence-corrected chi connectivity index (χ0v) is 14.7. The summed E-state index contributed by atoms with van der Waals surface area (Å²) in [4.78, 5) is 29.2. The van der Waals surface area contributed by atoms with E-state index in [1.807, 2.05) is 0 Å². The van der Waals surface area contributed by atoms with Crippen molar-refractivity contribution in [3.05, 3.63) is 45.9 Å². The maximum atomic E-state index is 12.5. The average Bonchev–Trinajstić information content (AvgIpc) is 3.11. The second-order valence-corrected chi connectivity index (χ2v) is 6.90. The van der Waals surface area contributed by atoms with Gasteiger partial charge >= 0.3 is 12.3 Å². The van der Waals surface area contributed by atoms with Gasteiger partial charge in [0, 0.05) is 30.0 Å². The number of hydrogen-bond acceptors (Lipinski definition) is 5. The number of benzene rings is 1. The van der Waals surface area contributed by atoms with E-state index < -0.39 is 12.3 Å². The molecule has 0 spiro atoms. The highest BCUT2D eigenvalue weighted by Crippen LogP contribution is 2.31. The number of carbonyl (C=O) groups is 2. The van der Waals surface area contributed by atoms with Gasteiger partial charge in [-0.05, 0) is 37.1 Å². The lowest BCUT2D eigenvalue weighted by atomic mass is 9.97. The second-order valence-electron chi connectivity index (χ2n) is 6.01. The highest BCUT2D eigenvalue weighted by Gasteiger charge is 2.31. The second kappa shape index (κ2) is 7.55. The van der Waals surface area contributed by atoms with Crippen molar-refractivity contribution in [1.82, 2.24) is 9.88 Å². The standard InChI is InChI=1S/C17H15F3N2O4S/c18-17(19,20)26-12-3-1-11(2-4-12)15(23)22-7-5-10(6-8-22)14-21-13(9-27-14)16(24)25/h1-4,9-10H,5-8H2,(H,24,25). The third kappa shape index (κ3) is 4.76. The summed E-state index contributed by atoms with van der Waals surface area (Å²) >= 11 is 1.30. The number of carbonyl (C=O) groups excluding carboxylic acids is 1. The van der Waals surface area contributed by atoms with Crippen molar-refractivity contribution in [2.24, 2.45) is 0 Å². The van der Waals surface area contributed by atoms with Crippen LogP contribution in [0.1, 0.15) is 44.6 Å². The molecule has 0 bridgehead atoms. The van der Waals surface area contributed by atoms with Crippen LogP contribution in [-0.2, 0) is 0 Å². The van der Waals surface area contributed by atoms with E-state index in [-0.39, 0.29) is 28.8 Å². The van der Waals surface area contributed by atoms with Gasteiger partial charge in [-0.1, -0.05) is 0 Å². The molecule has 6 nitrogen and oxygen atoms in total. The number of thiazole rings is 1. The number of hydrogen-bond donors (Lipinski definition) is 1. The molecule has 2 aromatic rings. The van der Waals surface area contributed by atoms with Crippen molar-refractivity contribution < 1.29 is 32.6 Å². The fourth-order valence-electron chi connectivity index (χ4n) is 2.88. The molecule has 0 unspecified atom stereocenters. The number of rotatable bonds is 4. The smallest absolute Gasteiger partial charge is 0.476 e. The largest absolute Gasteiger partial charge is 0.573 e. The molecule has 3 rings (SSSR count). The molecule has 1 aromatic heterocycles. The van der Waals surface area contributed by atoms with Gasteiger partial charge in [-0.25, -0.2) is 9.78 Å². The van der Waals surface area contributed by atoms with Crippen LogP contribution in [0.4, 0.5) is 13.2 Å². The van der Waals surface area contributed by atoms with Gasteiger partial charge in [0.25, 0.3) is 5.91 Å². The quantitative estimate of drug-likeness (QED) is 0.845. The number of piperidine rings is 1. The fourth-order valence-corrected chi connectivity index (χ4v) is 3.85. The van der Waals surface area contributed by atoms with Crippen LogP contribution in [0.5, 0.6) is 5.75 Å². The lowest BCUT2D eigenvalue weighted by Crippen LogP contribution is -2.37. The number of ether oxygens (including phenoxy) is 1. The van der Waals surface area contributed by atoms with Crippen LogP contribution in [-0.4, -0.2) is 46.3 Å². The summed E-state index contributed by atoms with van der Waals surface area (Å²) in [6, 6.07) is 4.82. The first-order chi connectivity index (χ1) is 12.7. The number of amides is 1. The minimum atomic E-state index is -4.77. The van der Waals surface area contributed by atoms with Gasteiger partial charge in [0.1, 0.15) is 5.75 Å². The Labute approximate surface area is 156 Å². The Hall–Kier alpha value is -2.62. The van der Waals surface area contributed by atoms with E-state index in [1.54, 1.807) is 4.90 Å². The number of carboxylic acid groups (broad SMARTS) is 1. The Morgan fingerprint density at radius 3 is 2.33 bits per heavy atom. The van der Waals surface area contributed by atoms with Crippen molar-refractivity contribution in [2.45, 2.75) is 25.1 Å². The van der Waals surface area contributed by atoms with Gasteiger partial charge in [-0.3, -0.25) is 4.79 Å². The van der Waals surface area contributed by atoms with Crippen molar-refractivity contribution >= 4 is 23.2 Å². The first kappa shape index (κ1) is 19.2. The summed E-state index contributed by atoms with van der Waals surface area (Å²) in [5.41, 5.74) is 0.306. The number of alkyl halides is 3. The topological polar surface area (TPSA) is 79.7 Å². The maximum absolute atomic E-state index is 12.5. The number of aromatic carboxylic acids is 1. The monoisotopic (exact) mass is 400 g/mol. The van der Waals surface area contributed by atoms with Crippen LogP contribution >= 0.6 is 11.3 Å². The molecule has 144 valence electrons. The highest BCUT2D eigenvalue weighted by molar-refractivity contribution is 7.09. The van der Waals surface area contributed by atoms with Crippen LogP contribution in [0.15, 0.2) is 29.6 Å². The third-order valence-corrected chi connectivity index (χ3v) is 5.21. The molecule has 1 N–H and O–H groups in total. The van der Waals surface area contributed by atoms with Crippen LogP contribution in [0.2, 0.25) is 0 Å². The number of halogens is 3. The van der Waals surface area contributed by atoms with Crippen LogP contribution in [0, 0.1) is 0 Å². The van der Waals surface area contributed by atoms with Crippen molar-refractivity contribution in [3.8, 4) is 5.75 Å². The average molecular weight is 400 g/mol. The molecule has 0 aliphatic carbocycles. The number of aromatic nitrogens is 1. The number of nitrogens with zero attached hydrogens (tertiary/aromatic N) is 2. The van der Waals surface area contributed by atoms with E-state index in [0.717, 1.165) is 17.1 Å². The van der Waals surface area contributed by atoms with Crippen molar-refractivity contribution in [3.63, 3.8) is 0 Å². The predicted octanol–water partition coefficient (Wildman–Crippen LogP) is 3.76. The molecule has 1 aliphatic rings. The van der Waals surface area contributed by atoms with Crippen molar-refractivity contribution in [2.75, 3.05) is 13.1 Å². The Kier molecular flexibility index (Phi) is 5.36. The molecule has 10 heteroatoms. The Morgan fingerprint density at radius 2 is 1.81 bits per heavy atom. The summed E-state index contributed by atoms with van der Waals surface area (Å²) in [6.07, 6.45) is -3.48. The zero-order chi connectivity index (χ0) is 19.6. The van der Waals surface area contributed by atoms with Gasteiger partial charge in [-0.15, -0.1) is 24.5 Å². The molecule has 1 aromatic carbocycles. The van der Waals surface area contributed by atoms with Gasteiger partial charge in [0.2, 0.25) is 0 Å². The summed E-state index contributed by atoms with van der Waals surface area (Å²) < 4.78 is 40.3. The number of likely N-dealkylation sites (tertiary alicyclic amines) is 1. The SMILES string of the molecule is O=C(O)c1csc(C2CCN(C(=O)c3ccc(OC(F)(F)F)cc3)CC2)n1. The minimum Gasteiger partial charge on any atom is -0.476 e. The lowest BCUT2D eigenvalue weighted by Gasteiger charge is -2.31. The van der Waals surface area contributed by atoms with E-state index in [0.29, 0.717) is 25.9 Å². The van der Waals surface area contributed by atoms with Gasteiger partial charge < -0.3 is 14.7 Å². The van der Waals surface area contributed by atoms with Gasteiger partial charge in [-0.2, -0.15) is 0 Å². The molecule has 0 saturated carbocycles. The zero-order valence-electron chi connectivity index (χ0n) is 13.9. The highest BCUT2D eigenvalue weighted by atomic mass is 32.1. The molecule has 1 amide bonds. The number of carboxylic acids is 1. The van der Waals surface area contributed by atoms with Crippen LogP contribution < -0.4 is 4.74 Å². The molecule has 1 fully saturated rings. The summed E-state index contributed by atoms with van der Waals surface area (Å²) in [5, 5.41) is 11.2. The molecule has 2 heterocycles. The predicted molar refractivity (Wildman–Crippen MR) is 90.1 cm³/mol. The van der Waals surface area contributed by atoms with Gasteiger partial charge in [0.05, 0.1) is 5.01 Å². The van der Waals surface area contributed by atoms with Crippen molar-refractivity contribution in [1.29, 1.82) is 0 Å². The Bertz CT molecular complexity index is 827. The molecule has 0 atom stereocenters. The minimum absolute atomic E-state index is 0.0228. The van der Waals surface area contributed by atoms with E-state index in [2.05, 4.69) is 9.72 Å². The third-order valence-electron chi connectivity index (χ3n) is 4.21. The van der Waals surface area contributed by atoms with E-state index in [4.69, 9.17) is 5.11 Å². The van der Waals surface area contributed by atoms with E-state index >= 15 is 0 Å². The first-order valence-electron chi connectivity index (χ1n) is 8.07. The molecule has 27 heavy (non-hydrogen) atoms. The molecule has 0 radical (unpaired) electrons. The lowest BCUT2D eigenvalue weighted by molar-refractivity contribution is -0.274. The summed E-state index contributed by atoms with van der Waals surface area (Å²) in [5.74, 6) is -1.62. The van der Waals surface area contributed by atoms with Crippen LogP contribution in [0.25, 0.3) is 0 Å². The Balaban J connectivity index is 1.58. The summed E-state index contributed by atoms with van der Waals surface area (Å²) in [7, 11) is 0. The molecular formula is C17H15F3N2O4S. The normalized spacial score (nSPS) is 15.6. The molecular weight excluding hydrogens is 385 g/mol. The first-order valence-corrected chi connectivity index (χ1v) is 8.95.